The van der Waals surface area contributed by atoms with E-state index >= 15 is 0 Å². The van der Waals surface area contributed by atoms with Crippen LogP contribution in [0, 0.1) is 18.6 Å². The Morgan fingerprint density at radius 3 is 2.58 bits per heavy atom. The molecule has 0 bridgehead atoms. The predicted molar refractivity (Wildman–Crippen MR) is 95.8 cm³/mol. The zero-order valence-corrected chi connectivity index (χ0v) is 14.3. The molecule has 2 aromatic heterocycles. The molecule has 0 aliphatic heterocycles. The number of nitrogens with one attached hydrogen (secondary N) is 1. The number of fused-ring (bicyclic) bond motifs is 1. The van der Waals surface area contributed by atoms with Crippen molar-refractivity contribution in [2.75, 3.05) is 5.32 Å². The lowest BCUT2D eigenvalue weighted by molar-refractivity contribution is 0.101. The summed E-state index contributed by atoms with van der Waals surface area (Å²) in [5.74, 6) is -2.45. The van der Waals surface area contributed by atoms with Gasteiger partial charge in [0, 0.05) is 6.07 Å². The molecule has 0 unspecified atom stereocenters. The van der Waals surface area contributed by atoms with E-state index < -0.39 is 23.1 Å². The van der Waals surface area contributed by atoms with Crippen LogP contribution in [0.3, 0.4) is 0 Å². The summed E-state index contributed by atoms with van der Waals surface area (Å²) in [6, 6.07) is 12.5. The summed E-state index contributed by atoms with van der Waals surface area (Å²) in [5, 5.41) is 7.40. The first-order chi connectivity index (χ1) is 12.5. The first kappa shape index (κ1) is 16.3. The van der Waals surface area contributed by atoms with Crippen molar-refractivity contribution in [3.8, 4) is 5.13 Å². The highest BCUT2D eigenvalue weighted by Crippen LogP contribution is 2.27. The lowest BCUT2D eigenvalue weighted by Gasteiger charge is -2.08. The molecule has 8 heteroatoms. The topological polar surface area (TPSA) is 59.8 Å². The van der Waals surface area contributed by atoms with E-state index in [1.54, 1.807) is 13.0 Å². The maximum atomic E-state index is 13.8. The van der Waals surface area contributed by atoms with Crippen LogP contribution in [-0.2, 0) is 0 Å². The van der Waals surface area contributed by atoms with E-state index in [-0.39, 0.29) is 5.82 Å². The number of rotatable bonds is 3. The Hall–Kier alpha value is -3.13. The van der Waals surface area contributed by atoms with Gasteiger partial charge in [0.25, 0.3) is 5.91 Å². The van der Waals surface area contributed by atoms with E-state index in [9.17, 15) is 13.6 Å². The number of hydrogen-bond donors (Lipinski definition) is 1. The van der Waals surface area contributed by atoms with Gasteiger partial charge in [0.05, 0.1) is 15.9 Å². The fraction of sp³-hybridized carbons (Fsp3) is 0.0556. The van der Waals surface area contributed by atoms with Gasteiger partial charge >= 0.3 is 0 Å². The van der Waals surface area contributed by atoms with Gasteiger partial charge in [-0.1, -0.05) is 29.5 Å². The molecule has 4 aromatic rings. The standard InChI is InChI=1S/C18H12F2N4OS/c1-10-9-15(22-17(25)16-11(19)5-4-6-12(16)20)24(23-10)18-21-13-7-2-3-8-14(13)26-18/h2-9H,1H3,(H,22,25). The van der Waals surface area contributed by atoms with Crippen molar-refractivity contribution in [1.29, 1.82) is 0 Å². The second-order valence-electron chi connectivity index (χ2n) is 5.60. The number of carbonyl (C=O) groups is 1. The molecule has 130 valence electrons. The van der Waals surface area contributed by atoms with Crippen LogP contribution in [-0.4, -0.2) is 20.7 Å². The van der Waals surface area contributed by atoms with Gasteiger partial charge in [-0.05, 0) is 31.2 Å². The molecule has 0 atom stereocenters. The Morgan fingerprint density at radius 1 is 1.12 bits per heavy atom. The van der Waals surface area contributed by atoms with Crippen LogP contribution in [0.2, 0.25) is 0 Å². The van der Waals surface area contributed by atoms with Crippen LogP contribution >= 0.6 is 11.3 Å². The SMILES string of the molecule is Cc1cc(NC(=O)c2c(F)cccc2F)n(-c2nc3ccccc3s2)n1. The smallest absolute Gasteiger partial charge is 0.262 e. The lowest BCUT2D eigenvalue weighted by Crippen LogP contribution is -2.18. The van der Waals surface area contributed by atoms with Crippen molar-refractivity contribution in [3.63, 3.8) is 0 Å². The molecule has 26 heavy (non-hydrogen) atoms. The third-order valence-electron chi connectivity index (χ3n) is 3.73. The van der Waals surface area contributed by atoms with E-state index in [1.165, 1.54) is 22.1 Å². The minimum Gasteiger partial charge on any atom is -0.306 e. The number of para-hydroxylation sites is 1. The van der Waals surface area contributed by atoms with Gasteiger partial charge in [0.1, 0.15) is 23.0 Å². The molecule has 2 aromatic carbocycles. The molecular weight excluding hydrogens is 358 g/mol. The van der Waals surface area contributed by atoms with E-state index in [1.807, 2.05) is 24.3 Å². The largest absolute Gasteiger partial charge is 0.306 e. The second kappa shape index (κ2) is 6.30. The van der Waals surface area contributed by atoms with Crippen molar-refractivity contribution in [1.82, 2.24) is 14.8 Å². The minimum atomic E-state index is -0.926. The number of anilines is 1. The summed E-state index contributed by atoms with van der Waals surface area (Å²) in [6.45, 7) is 1.75. The summed E-state index contributed by atoms with van der Waals surface area (Å²) >= 11 is 1.40. The number of halogens is 2. The normalized spacial score (nSPS) is 11.0. The number of aryl methyl sites for hydroxylation is 1. The molecule has 0 fully saturated rings. The monoisotopic (exact) mass is 370 g/mol. The molecule has 0 aliphatic carbocycles. The molecule has 1 amide bonds. The van der Waals surface area contributed by atoms with E-state index in [0.29, 0.717) is 10.8 Å². The van der Waals surface area contributed by atoms with Crippen molar-refractivity contribution in [3.05, 3.63) is 71.4 Å². The van der Waals surface area contributed by atoms with E-state index in [0.717, 1.165) is 22.3 Å². The number of hydrogen-bond acceptors (Lipinski definition) is 4. The van der Waals surface area contributed by atoms with Crippen molar-refractivity contribution in [2.45, 2.75) is 6.92 Å². The average Bonchev–Trinajstić information content (AvgIpc) is 3.17. The first-order valence-electron chi connectivity index (χ1n) is 7.71. The van der Waals surface area contributed by atoms with Gasteiger partial charge in [-0.25, -0.2) is 13.8 Å². The van der Waals surface area contributed by atoms with Gasteiger partial charge in [-0.15, -0.1) is 0 Å². The quantitative estimate of drug-likeness (QED) is 0.584. The molecule has 0 saturated carbocycles. The number of amides is 1. The highest BCUT2D eigenvalue weighted by molar-refractivity contribution is 7.20. The Bertz CT molecular complexity index is 1080. The Labute approximate surface area is 150 Å². The molecule has 0 radical (unpaired) electrons. The summed E-state index contributed by atoms with van der Waals surface area (Å²) in [7, 11) is 0. The van der Waals surface area contributed by atoms with Gasteiger partial charge in [0.15, 0.2) is 0 Å². The molecular formula is C18H12F2N4OS. The van der Waals surface area contributed by atoms with Crippen molar-refractivity contribution >= 4 is 33.3 Å². The molecule has 0 spiro atoms. The third kappa shape index (κ3) is 2.84. The number of thiazole rings is 1. The van der Waals surface area contributed by atoms with E-state index in [2.05, 4.69) is 15.4 Å². The Morgan fingerprint density at radius 2 is 1.85 bits per heavy atom. The lowest BCUT2D eigenvalue weighted by atomic mass is 10.2. The van der Waals surface area contributed by atoms with Crippen molar-refractivity contribution in [2.24, 2.45) is 0 Å². The predicted octanol–water partition coefficient (Wildman–Crippen LogP) is 4.32. The summed E-state index contributed by atoms with van der Waals surface area (Å²) in [4.78, 5) is 16.9. The summed E-state index contributed by atoms with van der Waals surface area (Å²) in [6.07, 6.45) is 0. The third-order valence-corrected chi connectivity index (χ3v) is 4.74. The minimum absolute atomic E-state index is 0.286. The van der Waals surface area contributed by atoms with Crippen LogP contribution in [0.15, 0.2) is 48.5 Å². The fourth-order valence-electron chi connectivity index (χ4n) is 2.58. The molecule has 0 saturated heterocycles. The van der Waals surface area contributed by atoms with Crippen LogP contribution in [0.4, 0.5) is 14.6 Å². The second-order valence-corrected chi connectivity index (χ2v) is 6.61. The molecule has 5 nitrogen and oxygen atoms in total. The van der Waals surface area contributed by atoms with Crippen molar-refractivity contribution < 1.29 is 13.6 Å². The zero-order valence-electron chi connectivity index (χ0n) is 13.5. The highest BCUT2D eigenvalue weighted by Gasteiger charge is 2.20. The van der Waals surface area contributed by atoms with E-state index in [4.69, 9.17) is 0 Å². The van der Waals surface area contributed by atoms with Gasteiger partial charge in [-0.3, -0.25) is 4.79 Å². The maximum Gasteiger partial charge on any atom is 0.262 e. The Balaban J connectivity index is 1.73. The van der Waals surface area contributed by atoms with Gasteiger partial charge < -0.3 is 5.32 Å². The number of nitrogens with zero attached hydrogens (tertiary/aromatic N) is 3. The van der Waals surface area contributed by atoms with Gasteiger partial charge in [0.2, 0.25) is 5.13 Å². The van der Waals surface area contributed by atoms with Crippen LogP contribution in [0.25, 0.3) is 15.3 Å². The number of carbonyl (C=O) groups excluding carboxylic acids is 1. The van der Waals surface area contributed by atoms with Gasteiger partial charge in [-0.2, -0.15) is 9.78 Å². The average molecular weight is 370 g/mol. The number of aromatic nitrogens is 3. The molecule has 2 heterocycles. The van der Waals surface area contributed by atoms with Crippen LogP contribution in [0.5, 0.6) is 0 Å². The fourth-order valence-corrected chi connectivity index (χ4v) is 3.51. The molecule has 0 aliphatic rings. The Kier molecular flexibility index (Phi) is 3.96. The zero-order chi connectivity index (χ0) is 18.3. The van der Waals surface area contributed by atoms with Crippen LogP contribution < -0.4 is 5.32 Å². The summed E-state index contributed by atoms with van der Waals surface area (Å²) < 4.78 is 30.1. The molecule has 1 N–H and O–H groups in total. The highest BCUT2D eigenvalue weighted by atomic mass is 32.1. The number of benzene rings is 2. The molecule has 4 rings (SSSR count). The van der Waals surface area contributed by atoms with Crippen LogP contribution in [0.1, 0.15) is 16.1 Å². The summed E-state index contributed by atoms with van der Waals surface area (Å²) in [5.41, 5.74) is 0.800. The first-order valence-corrected chi connectivity index (χ1v) is 8.52. The maximum absolute atomic E-state index is 13.8.